The maximum Gasteiger partial charge on any atom is 0.326 e. The molecule has 2 fully saturated rings. The zero-order valence-corrected chi connectivity index (χ0v) is 18.3. The van der Waals surface area contributed by atoms with Gasteiger partial charge in [-0.3, -0.25) is 4.90 Å². The van der Waals surface area contributed by atoms with Crippen molar-refractivity contribution in [3.63, 3.8) is 0 Å². The third kappa shape index (κ3) is 3.69. The number of alkyl halides is 2. The monoisotopic (exact) mass is 520 g/mol. The van der Waals surface area contributed by atoms with Crippen molar-refractivity contribution in [3.05, 3.63) is 47.5 Å². The zero-order chi connectivity index (χ0) is 25.4. The van der Waals surface area contributed by atoms with Gasteiger partial charge in [0.25, 0.3) is 5.92 Å². The molecule has 35 heavy (non-hydrogen) atoms. The number of benzene rings is 2. The number of rotatable bonds is 4. The average Bonchev–Trinajstić information content (AvgIpc) is 3.33. The largest absolute Gasteiger partial charge is 0.354 e. The molecule has 2 saturated heterocycles. The number of carbonyl (C=O) groups excluding carboxylic acids is 1. The van der Waals surface area contributed by atoms with Crippen LogP contribution in [0.4, 0.5) is 37.0 Å². The Morgan fingerprint density at radius 1 is 1.06 bits per heavy atom. The van der Waals surface area contributed by atoms with Crippen molar-refractivity contribution in [2.75, 3.05) is 24.2 Å². The molecule has 0 unspecified atom stereocenters. The number of hydrogen-bond acceptors (Lipinski definition) is 5. The molecule has 5 rings (SSSR count). The lowest BCUT2D eigenvalue weighted by Gasteiger charge is -2.23. The van der Waals surface area contributed by atoms with E-state index in [0.29, 0.717) is 24.5 Å². The number of carbonyl (C=O) groups is 1. The minimum Gasteiger partial charge on any atom is -0.354 e. The normalized spacial score (nSPS) is 21.9. The Bertz CT molecular complexity index is 1470. The van der Waals surface area contributed by atoms with Gasteiger partial charge in [-0.1, -0.05) is 5.16 Å². The fourth-order valence-electron chi connectivity index (χ4n) is 4.48. The SMILES string of the molecule is CS(=O)(=O)N[C@@H]1CN2C(=O)N(c3noc4cc(F)cc(-c5c(F)cc(F)cc5F)c34)C[C@@H]2C1(F)F. The van der Waals surface area contributed by atoms with Crippen LogP contribution in [-0.4, -0.2) is 61.9 Å². The van der Waals surface area contributed by atoms with Gasteiger partial charge in [-0.25, -0.2) is 44.3 Å². The molecule has 3 aromatic rings. The minimum absolute atomic E-state index is 0.264. The second-order valence-corrected chi connectivity index (χ2v) is 10.0. The van der Waals surface area contributed by atoms with Gasteiger partial charge in [0.1, 0.15) is 35.4 Å². The topological polar surface area (TPSA) is 95.8 Å². The quantitative estimate of drug-likeness (QED) is 0.533. The maximum atomic E-state index is 15.0. The second kappa shape index (κ2) is 7.58. The summed E-state index contributed by atoms with van der Waals surface area (Å²) in [6.07, 6.45) is 0.705. The Morgan fingerprint density at radius 2 is 1.69 bits per heavy atom. The lowest BCUT2D eigenvalue weighted by Crippen LogP contribution is -2.50. The molecule has 2 amide bonds. The van der Waals surface area contributed by atoms with E-state index in [9.17, 15) is 39.6 Å². The standard InChI is InChI=1S/C20H14F6N4O4S/c1-35(32,33)28-14-6-29-15(20(14,25)26)7-30(19(29)31)18-17-10(2-8(21)5-13(17)34-27-18)16-11(23)3-9(22)4-12(16)24/h2-5,14-15,28H,6-7H2,1H3/t14-,15-/m1/s1. The number of aromatic nitrogens is 1. The van der Waals surface area contributed by atoms with Gasteiger partial charge in [-0.2, -0.15) is 0 Å². The first-order chi connectivity index (χ1) is 16.3. The number of fused-ring (bicyclic) bond motifs is 2. The first-order valence-electron chi connectivity index (χ1n) is 9.95. The van der Waals surface area contributed by atoms with Gasteiger partial charge in [0.2, 0.25) is 10.0 Å². The molecule has 2 aliphatic rings. The van der Waals surface area contributed by atoms with Crippen molar-refractivity contribution in [2.45, 2.75) is 18.0 Å². The molecule has 0 spiro atoms. The van der Waals surface area contributed by atoms with E-state index in [1.807, 2.05) is 4.72 Å². The van der Waals surface area contributed by atoms with Crippen molar-refractivity contribution >= 4 is 32.8 Å². The zero-order valence-electron chi connectivity index (χ0n) is 17.5. The third-order valence-corrected chi connectivity index (χ3v) is 6.62. The van der Waals surface area contributed by atoms with Gasteiger partial charge in [0, 0.05) is 30.3 Å². The van der Waals surface area contributed by atoms with Crippen LogP contribution in [0, 0.1) is 23.3 Å². The summed E-state index contributed by atoms with van der Waals surface area (Å²) in [6.45, 7) is -1.33. The maximum absolute atomic E-state index is 15.0. The Morgan fingerprint density at radius 3 is 2.29 bits per heavy atom. The average molecular weight is 520 g/mol. The first kappa shape index (κ1) is 23.4. The van der Waals surface area contributed by atoms with Crippen LogP contribution < -0.4 is 9.62 Å². The first-order valence-corrected chi connectivity index (χ1v) is 11.8. The summed E-state index contributed by atoms with van der Waals surface area (Å²) < 4.78 is 116. The molecule has 0 saturated carbocycles. The Labute approximate surface area is 193 Å². The Balaban J connectivity index is 1.60. The molecule has 3 heterocycles. The highest BCUT2D eigenvalue weighted by atomic mass is 32.2. The number of urea groups is 1. The summed E-state index contributed by atoms with van der Waals surface area (Å²) in [4.78, 5) is 14.5. The molecule has 0 bridgehead atoms. The number of halogens is 6. The van der Waals surface area contributed by atoms with E-state index in [2.05, 4.69) is 5.16 Å². The van der Waals surface area contributed by atoms with E-state index in [0.717, 1.165) is 15.9 Å². The van der Waals surface area contributed by atoms with Crippen molar-refractivity contribution < 1.29 is 44.1 Å². The molecule has 0 radical (unpaired) electrons. The summed E-state index contributed by atoms with van der Waals surface area (Å²) in [5.41, 5.74) is -1.66. The predicted molar refractivity (Wildman–Crippen MR) is 109 cm³/mol. The van der Waals surface area contributed by atoms with E-state index in [1.54, 1.807) is 0 Å². The van der Waals surface area contributed by atoms with Crippen molar-refractivity contribution in [1.29, 1.82) is 0 Å². The smallest absolute Gasteiger partial charge is 0.326 e. The molecule has 8 nitrogen and oxygen atoms in total. The summed E-state index contributed by atoms with van der Waals surface area (Å²) in [5.74, 6) is -9.06. The summed E-state index contributed by atoms with van der Waals surface area (Å²) in [6, 6.07) is -2.36. The van der Waals surface area contributed by atoms with E-state index in [4.69, 9.17) is 4.52 Å². The number of amides is 2. The van der Waals surface area contributed by atoms with Gasteiger partial charge >= 0.3 is 6.03 Å². The second-order valence-electron chi connectivity index (χ2n) is 8.26. The van der Waals surface area contributed by atoms with Crippen molar-refractivity contribution in [1.82, 2.24) is 14.8 Å². The van der Waals surface area contributed by atoms with Crippen LogP contribution in [0.25, 0.3) is 22.1 Å². The van der Waals surface area contributed by atoms with Gasteiger partial charge in [0.15, 0.2) is 11.4 Å². The highest BCUT2D eigenvalue weighted by Crippen LogP contribution is 2.44. The van der Waals surface area contributed by atoms with E-state index < -0.39 is 87.4 Å². The van der Waals surface area contributed by atoms with E-state index in [1.165, 1.54) is 0 Å². The summed E-state index contributed by atoms with van der Waals surface area (Å²) >= 11 is 0. The predicted octanol–water partition coefficient (Wildman–Crippen LogP) is 3.23. The Kier molecular flexibility index (Phi) is 5.07. The highest BCUT2D eigenvalue weighted by Gasteiger charge is 2.63. The molecule has 0 aliphatic carbocycles. The molecule has 2 aromatic carbocycles. The fraction of sp³-hybridized carbons (Fsp3) is 0.300. The third-order valence-electron chi connectivity index (χ3n) is 5.91. The minimum atomic E-state index is -4.01. The van der Waals surface area contributed by atoms with Gasteiger partial charge in [0.05, 0.1) is 23.8 Å². The summed E-state index contributed by atoms with van der Waals surface area (Å²) in [7, 11) is -4.01. The molecule has 2 atom stereocenters. The number of nitrogens with zero attached hydrogens (tertiary/aromatic N) is 3. The molecule has 1 N–H and O–H groups in total. The molecule has 1 aromatic heterocycles. The van der Waals surface area contributed by atoms with Crippen LogP contribution in [0.3, 0.4) is 0 Å². The fourth-order valence-corrected chi connectivity index (χ4v) is 5.23. The van der Waals surface area contributed by atoms with Crippen LogP contribution >= 0.6 is 0 Å². The van der Waals surface area contributed by atoms with Crippen LogP contribution in [0.1, 0.15) is 0 Å². The molecule has 15 heteroatoms. The van der Waals surface area contributed by atoms with E-state index >= 15 is 0 Å². The number of anilines is 1. The number of sulfonamides is 1. The van der Waals surface area contributed by atoms with Gasteiger partial charge in [-0.05, 0) is 6.07 Å². The highest BCUT2D eigenvalue weighted by molar-refractivity contribution is 7.88. The van der Waals surface area contributed by atoms with Crippen LogP contribution in [0.2, 0.25) is 0 Å². The van der Waals surface area contributed by atoms with E-state index in [-0.39, 0.29) is 11.0 Å². The molecule has 186 valence electrons. The van der Waals surface area contributed by atoms with Crippen molar-refractivity contribution in [3.8, 4) is 11.1 Å². The molecular weight excluding hydrogens is 506 g/mol. The van der Waals surface area contributed by atoms with Crippen LogP contribution in [-0.2, 0) is 10.0 Å². The molecule has 2 aliphatic heterocycles. The number of nitrogens with one attached hydrogen (secondary N) is 1. The summed E-state index contributed by atoms with van der Waals surface area (Å²) in [5, 5.41) is 3.38. The lowest BCUT2D eigenvalue weighted by molar-refractivity contribution is -0.0324. The van der Waals surface area contributed by atoms with Gasteiger partial charge in [-0.15, -0.1) is 0 Å². The van der Waals surface area contributed by atoms with Crippen LogP contribution in [0.15, 0.2) is 28.8 Å². The van der Waals surface area contributed by atoms with Crippen molar-refractivity contribution in [2.24, 2.45) is 0 Å². The number of hydrogen-bond donors (Lipinski definition) is 1. The van der Waals surface area contributed by atoms with Crippen LogP contribution in [0.5, 0.6) is 0 Å². The Hall–Kier alpha value is -3.33. The molecular formula is C20H14F6N4O4S. The van der Waals surface area contributed by atoms with Gasteiger partial charge < -0.3 is 9.42 Å². The lowest BCUT2D eigenvalue weighted by atomic mass is 9.99.